The lowest BCUT2D eigenvalue weighted by atomic mass is 10.1. The third kappa shape index (κ3) is 4.79. The predicted molar refractivity (Wildman–Crippen MR) is 169 cm³/mol. The number of hydrogen-bond acceptors (Lipinski definition) is 1. The molecule has 182 valence electrons. The molecule has 0 radical (unpaired) electrons. The fraction of sp³-hybridized carbons (Fsp3) is 0. The van der Waals surface area contributed by atoms with Crippen LogP contribution in [0, 0.1) is 0 Å². The molecule has 0 aliphatic rings. The topological polar surface area (TPSA) is 0 Å². The molecule has 0 unspecified atom stereocenters. The molecule has 0 bridgehead atoms. The van der Waals surface area contributed by atoms with E-state index in [-0.39, 0.29) is 0 Å². The van der Waals surface area contributed by atoms with Gasteiger partial charge in [-0.25, -0.2) is 0 Å². The summed E-state index contributed by atoms with van der Waals surface area (Å²) in [4.78, 5) is 0. The van der Waals surface area contributed by atoms with Crippen molar-refractivity contribution in [1.29, 1.82) is 0 Å². The van der Waals surface area contributed by atoms with Gasteiger partial charge in [-0.15, -0.1) is 0 Å². The van der Waals surface area contributed by atoms with Crippen LogP contribution in [0.15, 0.2) is 164 Å². The van der Waals surface area contributed by atoms with Gasteiger partial charge in [0.25, 0.3) is 0 Å². The molecule has 38 heavy (non-hydrogen) atoms. The van der Waals surface area contributed by atoms with E-state index in [1.807, 2.05) is 0 Å². The van der Waals surface area contributed by atoms with E-state index in [2.05, 4.69) is 164 Å². The zero-order chi connectivity index (χ0) is 25.8. The summed E-state index contributed by atoms with van der Waals surface area (Å²) in [5, 5.41) is 3.60. The molecular formula is C36H27PS. The molecule has 0 aliphatic carbocycles. The van der Waals surface area contributed by atoms with Gasteiger partial charge >= 0.3 is 0 Å². The number of rotatable bonds is 6. The van der Waals surface area contributed by atoms with Gasteiger partial charge in [-0.05, 0) is 49.3 Å². The van der Waals surface area contributed by atoms with E-state index >= 15 is 0 Å². The number of hydrogen-bond donors (Lipinski definition) is 0. The van der Waals surface area contributed by atoms with Gasteiger partial charge in [0.15, 0.2) is 0 Å². The summed E-state index contributed by atoms with van der Waals surface area (Å²) in [6.07, 6.45) is 0. The molecule has 6 aromatic carbocycles. The smallest absolute Gasteiger partial charge is 0.0379 e. The molecule has 0 amide bonds. The normalized spacial score (nSPS) is 11.3. The van der Waals surface area contributed by atoms with Gasteiger partial charge < -0.3 is 0 Å². The first-order valence-corrected chi connectivity index (χ1v) is 15.6. The van der Waals surface area contributed by atoms with Gasteiger partial charge in [0, 0.05) is 6.04 Å². The van der Waals surface area contributed by atoms with Crippen molar-refractivity contribution in [2.24, 2.45) is 0 Å². The molecule has 2 heteroatoms. The second kappa shape index (κ2) is 10.8. The Hall–Kier alpha value is -4.03. The van der Waals surface area contributed by atoms with E-state index < -0.39 is 6.04 Å². The molecule has 0 fully saturated rings. The van der Waals surface area contributed by atoms with E-state index in [0.29, 0.717) is 0 Å². The monoisotopic (exact) mass is 522 g/mol. The summed E-state index contributed by atoms with van der Waals surface area (Å²) < 4.78 is 0. The molecule has 0 aliphatic heterocycles. The fourth-order valence-corrected chi connectivity index (χ4v) is 8.63. The Morgan fingerprint density at radius 2 is 0.474 bits per heavy atom. The van der Waals surface area contributed by atoms with E-state index in [4.69, 9.17) is 11.8 Å². The molecule has 0 spiro atoms. The molecular weight excluding hydrogens is 495 g/mol. The quantitative estimate of drug-likeness (QED) is 0.198. The van der Waals surface area contributed by atoms with Crippen LogP contribution in [0.1, 0.15) is 0 Å². The fourth-order valence-electron chi connectivity index (χ4n) is 4.93. The number of benzene rings is 6. The van der Waals surface area contributed by atoms with Crippen molar-refractivity contribution in [2.75, 3.05) is 0 Å². The summed E-state index contributed by atoms with van der Waals surface area (Å²) >= 11 is 6.69. The average Bonchev–Trinajstić information content (AvgIpc) is 3.02. The first-order valence-electron chi connectivity index (χ1n) is 12.8. The van der Waals surface area contributed by atoms with Crippen LogP contribution in [-0.2, 0) is 11.8 Å². The zero-order valence-corrected chi connectivity index (χ0v) is 22.7. The zero-order valence-electron chi connectivity index (χ0n) is 20.9. The van der Waals surface area contributed by atoms with E-state index in [1.165, 1.54) is 49.3 Å². The van der Waals surface area contributed by atoms with Gasteiger partial charge in [-0.3, -0.25) is 0 Å². The van der Waals surface area contributed by atoms with E-state index in [0.717, 1.165) is 0 Å². The van der Waals surface area contributed by atoms with Crippen LogP contribution in [0.25, 0.3) is 33.4 Å². The van der Waals surface area contributed by atoms with Crippen LogP contribution < -0.4 is 15.9 Å². The Morgan fingerprint density at radius 3 is 0.711 bits per heavy atom. The lowest BCUT2D eigenvalue weighted by molar-refractivity contribution is 1.63. The van der Waals surface area contributed by atoms with Crippen LogP contribution in [-0.4, -0.2) is 0 Å². The van der Waals surface area contributed by atoms with Crippen molar-refractivity contribution in [3.05, 3.63) is 164 Å². The minimum Gasteiger partial charge on any atom is -0.0826 e. The Morgan fingerprint density at radius 1 is 0.263 bits per heavy atom. The van der Waals surface area contributed by atoms with Crippen LogP contribution in [0.3, 0.4) is 0 Å². The van der Waals surface area contributed by atoms with E-state index in [9.17, 15) is 0 Å². The second-order valence-electron chi connectivity index (χ2n) is 9.35. The predicted octanol–water partition coefficient (Wildman–Crippen LogP) is 8.44. The Kier molecular flexibility index (Phi) is 6.88. The molecule has 0 N–H and O–H groups in total. The van der Waals surface area contributed by atoms with Crippen molar-refractivity contribution < 1.29 is 0 Å². The average molecular weight is 523 g/mol. The minimum absolute atomic E-state index is 1.20. The highest BCUT2D eigenvalue weighted by Crippen LogP contribution is 2.44. The maximum Gasteiger partial charge on any atom is 0.0379 e. The highest BCUT2D eigenvalue weighted by atomic mass is 32.4. The SMILES string of the molecule is S=P(c1ccc(-c2ccccc2)cc1)(c1ccc(-c2ccccc2)cc1)c1ccc(-c2ccccc2)cc1. The van der Waals surface area contributed by atoms with Crippen LogP contribution in [0.4, 0.5) is 0 Å². The van der Waals surface area contributed by atoms with Crippen molar-refractivity contribution in [1.82, 2.24) is 0 Å². The van der Waals surface area contributed by atoms with Crippen LogP contribution in [0.2, 0.25) is 0 Å². The first-order chi connectivity index (χ1) is 18.7. The standard InChI is InChI=1S/C36H27PS/c38-37(34-22-16-31(17-23-34)28-10-4-1-5-11-28,35-24-18-32(19-25-35)29-12-6-2-7-13-29)36-26-20-33(21-27-36)30-14-8-3-9-15-30/h1-27H. The third-order valence-electron chi connectivity index (χ3n) is 7.01. The summed E-state index contributed by atoms with van der Waals surface area (Å²) in [7, 11) is 0. The van der Waals surface area contributed by atoms with Gasteiger partial charge in [-0.1, -0.05) is 176 Å². The van der Waals surface area contributed by atoms with Crippen LogP contribution >= 0.6 is 6.04 Å². The largest absolute Gasteiger partial charge is 0.0826 e. The maximum atomic E-state index is 6.69. The Balaban J connectivity index is 1.44. The highest BCUT2D eigenvalue weighted by Gasteiger charge is 2.25. The Bertz CT molecular complexity index is 1470. The van der Waals surface area contributed by atoms with Gasteiger partial charge in [-0.2, -0.15) is 0 Å². The maximum absolute atomic E-state index is 6.69. The summed E-state index contributed by atoms with van der Waals surface area (Å²) in [6.45, 7) is 0. The molecule has 0 nitrogen and oxygen atoms in total. The molecule has 0 heterocycles. The van der Waals surface area contributed by atoms with Crippen molar-refractivity contribution in [2.45, 2.75) is 0 Å². The van der Waals surface area contributed by atoms with Gasteiger partial charge in [0.2, 0.25) is 0 Å². The van der Waals surface area contributed by atoms with Gasteiger partial charge in [0.05, 0.1) is 0 Å². The van der Waals surface area contributed by atoms with Crippen molar-refractivity contribution in [3.8, 4) is 33.4 Å². The lowest BCUT2D eigenvalue weighted by Crippen LogP contribution is -2.24. The molecule has 0 saturated carbocycles. The van der Waals surface area contributed by atoms with Gasteiger partial charge in [0.1, 0.15) is 0 Å². The highest BCUT2D eigenvalue weighted by molar-refractivity contribution is 8.25. The first kappa shape index (κ1) is 24.3. The van der Waals surface area contributed by atoms with Crippen LogP contribution in [0.5, 0.6) is 0 Å². The third-order valence-corrected chi connectivity index (χ3v) is 12.0. The minimum atomic E-state index is -2.28. The molecule has 0 atom stereocenters. The lowest BCUT2D eigenvalue weighted by Gasteiger charge is -2.25. The molecule has 0 saturated heterocycles. The second-order valence-corrected chi connectivity index (χ2v) is 13.8. The van der Waals surface area contributed by atoms with E-state index in [1.54, 1.807) is 0 Å². The summed E-state index contributed by atoms with van der Waals surface area (Å²) in [6, 6.07) is 55.9. The molecule has 6 rings (SSSR count). The van der Waals surface area contributed by atoms with Crippen molar-refractivity contribution >= 4 is 33.8 Å². The molecule has 6 aromatic rings. The molecule has 0 aromatic heterocycles. The Labute approximate surface area is 230 Å². The summed E-state index contributed by atoms with van der Waals surface area (Å²) in [5.74, 6) is 0. The van der Waals surface area contributed by atoms with Crippen molar-refractivity contribution in [3.63, 3.8) is 0 Å². The summed E-state index contributed by atoms with van der Waals surface area (Å²) in [5.41, 5.74) is 7.25.